The summed E-state index contributed by atoms with van der Waals surface area (Å²) in [6, 6.07) is 6.58. The zero-order valence-electron chi connectivity index (χ0n) is 8.91. The van der Waals surface area contributed by atoms with Crippen molar-refractivity contribution in [2.24, 2.45) is 0 Å². The summed E-state index contributed by atoms with van der Waals surface area (Å²) in [4.78, 5) is 21.8. The number of aromatic nitrogens is 1. The summed E-state index contributed by atoms with van der Waals surface area (Å²) in [5.74, 6) is -0.519. The second-order valence-electron chi connectivity index (χ2n) is 3.50. The van der Waals surface area contributed by atoms with Gasteiger partial charge in [0.25, 0.3) is 11.2 Å². The third kappa shape index (κ3) is 2.18. The quantitative estimate of drug-likeness (QED) is 0.666. The Morgan fingerprint density at radius 1 is 1.33 bits per heavy atom. The lowest BCUT2D eigenvalue weighted by Gasteiger charge is -2.06. The topological polar surface area (TPSA) is 85.4 Å². The highest BCUT2D eigenvalue weighted by Crippen LogP contribution is 2.18. The van der Waals surface area contributed by atoms with Crippen molar-refractivity contribution in [1.82, 2.24) is 4.57 Å². The second-order valence-corrected chi connectivity index (χ2v) is 3.93. The lowest BCUT2D eigenvalue weighted by atomic mass is 10.2. The number of non-ortho nitro benzene ring substituents is 1. The van der Waals surface area contributed by atoms with Crippen LogP contribution in [0.3, 0.4) is 0 Å². The molecule has 0 spiro atoms. The Kier molecular flexibility index (Phi) is 3.03. The van der Waals surface area contributed by atoms with Crippen LogP contribution in [0.15, 0.2) is 41.3 Å². The van der Waals surface area contributed by atoms with E-state index >= 15 is 0 Å². The summed E-state index contributed by atoms with van der Waals surface area (Å²) in [6.07, 6.45) is 1.28. The Bertz CT molecular complexity index is 681. The van der Waals surface area contributed by atoms with Crippen LogP contribution in [0.5, 0.6) is 5.75 Å². The van der Waals surface area contributed by atoms with Gasteiger partial charge in [0.2, 0.25) is 0 Å². The van der Waals surface area contributed by atoms with Crippen molar-refractivity contribution in [3.8, 4) is 11.4 Å². The molecule has 1 aromatic heterocycles. The van der Waals surface area contributed by atoms with Crippen LogP contribution in [0.4, 0.5) is 5.69 Å². The highest BCUT2D eigenvalue weighted by Gasteiger charge is 2.10. The van der Waals surface area contributed by atoms with E-state index in [0.29, 0.717) is 0 Å². The lowest BCUT2D eigenvalue weighted by molar-refractivity contribution is -0.384. The molecule has 0 aliphatic heterocycles. The number of nitro benzene ring substituents is 1. The van der Waals surface area contributed by atoms with Gasteiger partial charge in [0.15, 0.2) is 5.75 Å². The minimum absolute atomic E-state index is 0.151. The fraction of sp³-hybridized carbons (Fsp3) is 0. The lowest BCUT2D eigenvalue weighted by Crippen LogP contribution is -2.17. The van der Waals surface area contributed by atoms with E-state index in [9.17, 15) is 20.0 Å². The molecular weight excluding hydrogens is 260 g/mol. The monoisotopic (exact) mass is 266 g/mol. The number of nitro groups is 1. The molecule has 0 atom stereocenters. The third-order valence-corrected chi connectivity index (χ3v) is 2.49. The Labute approximate surface area is 106 Å². The van der Waals surface area contributed by atoms with E-state index < -0.39 is 16.2 Å². The molecule has 1 heterocycles. The van der Waals surface area contributed by atoms with Crippen LogP contribution in [-0.2, 0) is 0 Å². The maximum atomic E-state index is 11.7. The average Bonchev–Trinajstić information content (AvgIpc) is 2.34. The van der Waals surface area contributed by atoms with E-state index in [-0.39, 0.29) is 16.4 Å². The molecule has 92 valence electrons. The van der Waals surface area contributed by atoms with Gasteiger partial charge in [-0.05, 0) is 6.07 Å². The normalized spacial score (nSPS) is 10.3. The first-order valence-electron chi connectivity index (χ1n) is 4.85. The Morgan fingerprint density at radius 2 is 2.06 bits per heavy atom. The van der Waals surface area contributed by atoms with Crippen LogP contribution >= 0.6 is 11.6 Å². The number of hydrogen-bond acceptors (Lipinski definition) is 4. The number of nitrogens with zero attached hydrogens (tertiary/aromatic N) is 2. The van der Waals surface area contributed by atoms with Crippen LogP contribution in [0, 0.1) is 10.1 Å². The number of rotatable bonds is 2. The maximum Gasteiger partial charge on any atom is 0.297 e. The second kappa shape index (κ2) is 4.50. The van der Waals surface area contributed by atoms with Crippen LogP contribution < -0.4 is 5.56 Å². The summed E-state index contributed by atoms with van der Waals surface area (Å²) >= 11 is 5.72. The Morgan fingerprint density at radius 3 is 2.72 bits per heavy atom. The first-order valence-corrected chi connectivity index (χ1v) is 5.23. The zero-order valence-corrected chi connectivity index (χ0v) is 9.66. The molecule has 0 unspecified atom stereocenters. The van der Waals surface area contributed by atoms with Gasteiger partial charge in [-0.15, -0.1) is 0 Å². The molecule has 0 amide bonds. The van der Waals surface area contributed by atoms with Gasteiger partial charge < -0.3 is 5.11 Å². The average molecular weight is 267 g/mol. The van der Waals surface area contributed by atoms with Crippen molar-refractivity contribution in [2.75, 3.05) is 0 Å². The van der Waals surface area contributed by atoms with Crippen molar-refractivity contribution in [3.05, 3.63) is 62.0 Å². The van der Waals surface area contributed by atoms with E-state index in [4.69, 9.17) is 11.6 Å². The Balaban J connectivity index is 2.66. The molecule has 18 heavy (non-hydrogen) atoms. The zero-order chi connectivity index (χ0) is 13.3. The third-order valence-electron chi connectivity index (χ3n) is 2.28. The van der Waals surface area contributed by atoms with Gasteiger partial charge in [0, 0.05) is 24.4 Å². The highest BCUT2D eigenvalue weighted by molar-refractivity contribution is 6.30. The molecule has 0 aliphatic carbocycles. The van der Waals surface area contributed by atoms with E-state index in [1.165, 1.54) is 30.5 Å². The van der Waals surface area contributed by atoms with Crippen LogP contribution in [0.25, 0.3) is 5.69 Å². The predicted molar refractivity (Wildman–Crippen MR) is 65.4 cm³/mol. The Hall–Kier alpha value is -2.34. The molecule has 0 radical (unpaired) electrons. The van der Waals surface area contributed by atoms with E-state index in [2.05, 4.69) is 0 Å². The first-order chi connectivity index (χ1) is 8.49. The largest absolute Gasteiger partial charge is 0.503 e. The smallest absolute Gasteiger partial charge is 0.297 e. The van der Waals surface area contributed by atoms with E-state index in [0.717, 1.165) is 10.6 Å². The first kappa shape index (κ1) is 12.1. The van der Waals surface area contributed by atoms with E-state index in [1.54, 1.807) is 0 Å². The minimum atomic E-state index is -0.695. The van der Waals surface area contributed by atoms with Gasteiger partial charge in [0.1, 0.15) is 0 Å². The number of aromatic hydroxyl groups is 1. The van der Waals surface area contributed by atoms with Crippen LogP contribution in [-0.4, -0.2) is 14.6 Å². The van der Waals surface area contributed by atoms with Gasteiger partial charge in [0.05, 0.1) is 15.6 Å². The SMILES string of the molecule is O=c1c(O)cc(Cl)cn1-c1cccc([N+](=O)[O-])c1. The van der Waals surface area contributed by atoms with E-state index in [1.807, 2.05) is 0 Å². The molecule has 0 saturated heterocycles. The summed E-state index contributed by atoms with van der Waals surface area (Å²) < 4.78 is 1.05. The number of halogens is 1. The molecule has 0 fully saturated rings. The molecular formula is C11H7ClN2O4. The van der Waals surface area contributed by atoms with Crippen molar-refractivity contribution >= 4 is 17.3 Å². The highest BCUT2D eigenvalue weighted by atomic mass is 35.5. The molecule has 0 bridgehead atoms. The van der Waals surface area contributed by atoms with Crippen molar-refractivity contribution in [2.45, 2.75) is 0 Å². The molecule has 2 aromatic rings. The summed E-state index contributed by atoms with van der Waals surface area (Å²) in [5.41, 5.74) is -0.592. The fourth-order valence-electron chi connectivity index (χ4n) is 1.48. The van der Waals surface area contributed by atoms with Crippen molar-refractivity contribution < 1.29 is 10.0 Å². The van der Waals surface area contributed by atoms with Crippen LogP contribution in [0.1, 0.15) is 0 Å². The van der Waals surface area contributed by atoms with Crippen molar-refractivity contribution in [3.63, 3.8) is 0 Å². The molecule has 2 rings (SSSR count). The van der Waals surface area contributed by atoms with Gasteiger partial charge in [-0.1, -0.05) is 17.7 Å². The molecule has 7 heteroatoms. The summed E-state index contributed by atoms with van der Waals surface area (Å²) in [5, 5.41) is 20.2. The van der Waals surface area contributed by atoms with Crippen molar-refractivity contribution in [1.29, 1.82) is 0 Å². The number of pyridine rings is 1. The van der Waals surface area contributed by atoms with Crippen LogP contribution in [0.2, 0.25) is 5.02 Å². The summed E-state index contributed by atoms with van der Waals surface area (Å²) in [6.45, 7) is 0. The van der Waals surface area contributed by atoms with Gasteiger partial charge in [-0.2, -0.15) is 0 Å². The number of hydrogen-bond donors (Lipinski definition) is 1. The minimum Gasteiger partial charge on any atom is -0.503 e. The molecule has 6 nitrogen and oxygen atoms in total. The molecule has 0 aliphatic rings. The van der Waals surface area contributed by atoms with Gasteiger partial charge >= 0.3 is 0 Å². The molecule has 1 N–H and O–H groups in total. The standard InChI is InChI=1S/C11H7ClN2O4/c12-7-4-10(15)11(16)13(6-7)8-2-1-3-9(5-8)14(17)18/h1-6,15H. The summed E-state index contributed by atoms with van der Waals surface area (Å²) in [7, 11) is 0. The maximum absolute atomic E-state index is 11.7. The molecule has 0 saturated carbocycles. The van der Waals surface area contributed by atoms with Gasteiger partial charge in [-0.3, -0.25) is 19.5 Å². The number of benzene rings is 1. The molecule has 1 aromatic carbocycles. The van der Waals surface area contributed by atoms with Gasteiger partial charge in [-0.25, -0.2) is 0 Å². The predicted octanol–water partition coefficient (Wildman–Crippen LogP) is 2.10. The fourth-order valence-corrected chi connectivity index (χ4v) is 1.68.